The van der Waals surface area contributed by atoms with Gasteiger partial charge in [-0.2, -0.15) is 0 Å². The summed E-state index contributed by atoms with van der Waals surface area (Å²) in [5.74, 6) is -2.53. The quantitative estimate of drug-likeness (QED) is 0.762. The van der Waals surface area contributed by atoms with Gasteiger partial charge < -0.3 is 10.7 Å². The highest BCUT2D eigenvalue weighted by molar-refractivity contribution is 5.36. The van der Waals surface area contributed by atoms with Crippen LogP contribution in [0.25, 0.3) is 0 Å². The molecule has 2 rings (SSSR count). The van der Waals surface area contributed by atoms with Crippen LogP contribution in [-0.2, 0) is 5.54 Å². The van der Waals surface area contributed by atoms with E-state index in [1.165, 1.54) is 0 Å². The Morgan fingerprint density at radius 2 is 1.75 bits per heavy atom. The molecule has 1 fully saturated rings. The summed E-state index contributed by atoms with van der Waals surface area (Å²) in [4.78, 5) is 3.11. The summed E-state index contributed by atoms with van der Waals surface area (Å²) in [7, 11) is 0. The molecule has 0 bridgehead atoms. The second-order valence-electron chi connectivity index (χ2n) is 4.98. The van der Waals surface area contributed by atoms with Crippen molar-refractivity contribution in [3.8, 4) is 0 Å². The van der Waals surface area contributed by atoms with Gasteiger partial charge in [0, 0.05) is 30.3 Å². The standard InChI is InChI=1S/C12H18F2N2/c1-8-7-16-9(2)10(8)11(15)3-5-12(13,14)6-4-11/h7,16H,3-6,15H2,1-2H3. The first-order chi connectivity index (χ1) is 7.34. The monoisotopic (exact) mass is 228 g/mol. The molecule has 3 N–H and O–H groups in total. The van der Waals surface area contributed by atoms with Gasteiger partial charge in [0.05, 0.1) is 0 Å². The molecule has 0 unspecified atom stereocenters. The largest absolute Gasteiger partial charge is 0.365 e. The Hall–Kier alpha value is -0.900. The molecule has 0 amide bonds. The minimum Gasteiger partial charge on any atom is -0.365 e. The number of alkyl halides is 2. The summed E-state index contributed by atoms with van der Waals surface area (Å²) in [6.45, 7) is 3.92. The second-order valence-corrected chi connectivity index (χ2v) is 4.98. The molecule has 1 aliphatic carbocycles. The minimum atomic E-state index is -2.53. The average molecular weight is 228 g/mol. The van der Waals surface area contributed by atoms with E-state index in [1.807, 2.05) is 20.0 Å². The molecule has 16 heavy (non-hydrogen) atoms. The summed E-state index contributed by atoms with van der Waals surface area (Å²) >= 11 is 0. The van der Waals surface area contributed by atoms with E-state index in [-0.39, 0.29) is 12.8 Å². The lowest BCUT2D eigenvalue weighted by Crippen LogP contribution is -2.44. The zero-order chi connectivity index (χ0) is 12.0. The normalized spacial score (nSPS) is 23.3. The smallest absolute Gasteiger partial charge is 0.248 e. The van der Waals surface area contributed by atoms with Crippen LogP contribution in [0.2, 0.25) is 0 Å². The van der Waals surface area contributed by atoms with Crippen molar-refractivity contribution in [1.29, 1.82) is 0 Å². The Morgan fingerprint density at radius 3 is 2.19 bits per heavy atom. The van der Waals surface area contributed by atoms with Crippen LogP contribution in [0.3, 0.4) is 0 Å². The van der Waals surface area contributed by atoms with Gasteiger partial charge >= 0.3 is 0 Å². The lowest BCUT2D eigenvalue weighted by Gasteiger charge is -2.38. The second kappa shape index (κ2) is 3.55. The van der Waals surface area contributed by atoms with Crippen LogP contribution in [0.15, 0.2) is 6.20 Å². The average Bonchev–Trinajstić information content (AvgIpc) is 2.53. The van der Waals surface area contributed by atoms with Crippen LogP contribution in [0.5, 0.6) is 0 Å². The fraction of sp³-hybridized carbons (Fsp3) is 0.667. The first kappa shape index (κ1) is 11.6. The first-order valence-corrected chi connectivity index (χ1v) is 5.66. The zero-order valence-electron chi connectivity index (χ0n) is 9.74. The summed E-state index contributed by atoms with van der Waals surface area (Å²) < 4.78 is 26.3. The molecule has 1 aromatic heterocycles. The molecule has 0 spiro atoms. The number of nitrogens with one attached hydrogen (secondary N) is 1. The maximum absolute atomic E-state index is 13.1. The lowest BCUT2D eigenvalue weighted by molar-refractivity contribution is -0.0515. The number of hydrogen-bond donors (Lipinski definition) is 2. The van der Waals surface area contributed by atoms with Crippen molar-refractivity contribution >= 4 is 0 Å². The predicted octanol–water partition coefficient (Wildman–Crippen LogP) is 2.99. The van der Waals surface area contributed by atoms with Crippen molar-refractivity contribution in [2.45, 2.75) is 51.0 Å². The van der Waals surface area contributed by atoms with Crippen molar-refractivity contribution in [3.05, 3.63) is 23.0 Å². The van der Waals surface area contributed by atoms with Gasteiger partial charge in [-0.25, -0.2) is 8.78 Å². The molecule has 4 heteroatoms. The summed E-state index contributed by atoms with van der Waals surface area (Å²) in [6, 6.07) is 0. The maximum atomic E-state index is 13.1. The van der Waals surface area contributed by atoms with Crippen molar-refractivity contribution in [1.82, 2.24) is 4.98 Å². The molecule has 0 radical (unpaired) electrons. The molecule has 0 aromatic carbocycles. The van der Waals surface area contributed by atoms with E-state index in [0.717, 1.165) is 16.8 Å². The molecule has 1 saturated carbocycles. The molecule has 0 aliphatic heterocycles. The van der Waals surface area contributed by atoms with Crippen molar-refractivity contribution in [3.63, 3.8) is 0 Å². The third-order valence-corrected chi connectivity index (χ3v) is 3.65. The summed E-state index contributed by atoms with van der Waals surface area (Å²) in [5.41, 5.74) is 8.83. The third kappa shape index (κ3) is 1.86. The molecule has 90 valence electrons. The molecular weight excluding hydrogens is 210 g/mol. The highest BCUT2D eigenvalue weighted by Gasteiger charge is 2.43. The topological polar surface area (TPSA) is 41.8 Å². The highest BCUT2D eigenvalue weighted by atomic mass is 19.3. The van der Waals surface area contributed by atoms with Gasteiger partial charge in [0.1, 0.15) is 0 Å². The Kier molecular flexibility index (Phi) is 2.57. The van der Waals surface area contributed by atoms with Crippen LogP contribution in [-0.4, -0.2) is 10.9 Å². The zero-order valence-corrected chi connectivity index (χ0v) is 9.74. The number of rotatable bonds is 1. The van der Waals surface area contributed by atoms with E-state index < -0.39 is 11.5 Å². The van der Waals surface area contributed by atoms with Gasteiger partial charge in [0.2, 0.25) is 5.92 Å². The van der Waals surface area contributed by atoms with Crippen LogP contribution in [0, 0.1) is 13.8 Å². The Bertz CT molecular complexity index is 366. The summed E-state index contributed by atoms with van der Waals surface area (Å²) in [6.07, 6.45) is 2.41. The van der Waals surface area contributed by atoms with E-state index in [1.54, 1.807) is 0 Å². The molecule has 2 nitrogen and oxygen atoms in total. The highest BCUT2D eigenvalue weighted by Crippen LogP contribution is 2.43. The lowest BCUT2D eigenvalue weighted by atomic mass is 9.75. The van der Waals surface area contributed by atoms with Crippen LogP contribution in [0.4, 0.5) is 8.78 Å². The Morgan fingerprint density at radius 1 is 1.19 bits per heavy atom. The SMILES string of the molecule is Cc1c[nH]c(C)c1C1(N)CCC(F)(F)CC1. The van der Waals surface area contributed by atoms with Gasteiger partial charge in [-0.05, 0) is 37.8 Å². The molecule has 1 heterocycles. The predicted molar refractivity (Wildman–Crippen MR) is 59.5 cm³/mol. The molecule has 0 saturated heterocycles. The van der Waals surface area contributed by atoms with Gasteiger partial charge in [-0.3, -0.25) is 0 Å². The van der Waals surface area contributed by atoms with E-state index in [4.69, 9.17) is 5.73 Å². The van der Waals surface area contributed by atoms with Crippen LogP contribution >= 0.6 is 0 Å². The van der Waals surface area contributed by atoms with Crippen molar-refractivity contribution in [2.24, 2.45) is 5.73 Å². The first-order valence-electron chi connectivity index (χ1n) is 5.66. The fourth-order valence-electron chi connectivity index (χ4n) is 2.73. The molecule has 1 aliphatic rings. The van der Waals surface area contributed by atoms with E-state index in [9.17, 15) is 8.78 Å². The molecule has 1 aromatic rings. The van der Waals surface area contributed by atoms with Crippen LogP contribution < -0.4 is 5.73 Å². The number of aromatic nitrogens is 1. The van der Waals surface area contributed by atoms with Gasteiger partial charge in [-0.15, -0.1) is 0 Å². The minimum absolute atomic E-state index is 0.104. The number of H-pyrrole nitrogens is 1. The van der Waals surface area contributed by atoms with E-state index >= 15 is 0 Å². The number of aryl methyl sites for hydroxylation is 2. The van der Waals surface area contributed by atoms with Crippen LogP contribution in [0.1, 0.15) is 42.5 Å². The van der Waals surface area contributed by atoms with E-state index in [2.05, 4.69) is 4.98 Å². The number of nitrogens with two attached hydrogens (primary N) is 1. The number of hydrogen-bond acceptors (Lipinski definition) is 1. The van der Waals surface area contributed by atoms with Crippen molar-refractivity contribution < 1.29 is 8.78 Å². The third-order valence-electron chi connectivity index (χ3n) is 3.65. The molecule has 0 atom stereocenters. The Labute approximate surface area is 94.2 Å². The fourth-order valence-corrected chi connectivity index (χ4v) is 2.73. The van der Waals surface area contributed by atoms with Gasteiger partial charge in [0.25, 0.3) is 0 Å². The number of halogens is 2. The summed E-state index contributed by atoms with van der Waals surface area (Å²) in [5, 5.41) is 0. The Balaban J connectivity index is 2.28. The maximum Gasteiger partial charge on any atom is 0.248 e. The number of aromatic amines is 1. The van der Waals surface area contributed by atoms with Gasteiger partial charge in [0.15, 0.2) is 0 Å². The van der Waals surface area contributed by atoms with Crippen molar-refractivity contribution in [2.75, 3.05) is 0 Å². The molecular formula is C12H18F2N2. The van der Waals surface area contributed by atoms with Gasteiger partial charge in [-0.1, -0.05) is 0 Å². The van der Waals surface area contributed by atoms with E-state index in [0.29, 0.717) is 12.8 Å².